The fourth-order valence-electron chi connectivity index (χ4n) is 1.75. The van der Waals surface area contributed by atoms with Crippen molar-refractivity contribution < 1.29 is 9.34 Å². The second kappa shape index (κ2) is 4.05. The molecule has 0 radical (unpaired) electrons. The van der Waals surface area contributed by atoms with Crippen LogP contribution in [0, 0.1) is 10.1 Å². The Balaban J connectivity index is 2.08. The van der Waals surface area contributed by atoms with Crippen molar-refractivity contribution in [2.45, 2.75) is 0 Å². The summed E-state index contributed by atoms with van der Waals surface area (Å²) in [6, 6.07) is 7.66. The molecule has 7 heteroatoms. The van der Waals surface area contributed by atoms with E-state index in [4.69, 9.17) is 4.42 Å². The van der Waals surface area contributed by atoms with E-state index in [2.05, 4.69) is 9.97 Å². The van der Waals surface area contributed by atoms with E-state index in [1.54, 1.807) is 18.2 Å². The summed E-state index contributed by atoms with van der Waals surface area (Å²) in [5.41, 5.74) is 0.531. The zero-order valence-corrected chi connectivity index (χ0v) is 9.49. The first-order chi connectivity index (χ1) is 9.13. The minimum absolute atomic E-state index is 0.00920. The zero-order chi connectivity index (χ0) is 13.4. The van der Waals surface area contributed by atoms with Crippen molar-refractivity contribution >= 4 is 16.8 Å². The number of hydrogen-bond acceptors (Lipinski definition) is 5. The summed E-state index contributed by atoms with van der Waals surface area (Å²) in [6.07, 6.45) is 1.41. The van der Waals surface area contributed by atoms with Crippen LogP contribution < -0.4 is 5.69 Å². The number of rotatable bonds is 2. The first-order valence-corrected chi connectivity index (χ1v) is 5.37. The molecule has 2 heterocycles. The van der Waals surface area contributed by atoms with E-state index in [-0.39, 0.29) is 5.69 Å². The van der Waals surface area contributed by atoms with Crippen LogP contribution in [-0.4, -0.2) is 14.9 Å². The minimum Gasteiger partial charge on any atom is -0.440 e. The standard InChI is InChI=1S/C12H7N3O4/c16-12-13-6-8-5-10(19-11(8)14-12)7-1-3-9(4-2-7)15(17)18/h1-6H,(H,13,14,16). The van der Waals surface area contributed by atoms with E-state index in [0.717, 1.165) is 0 Å². The second-order valence-corrected chi connectivity index (χ2v) is 3.89. The Hall–Kier alpha value is -2.96. The smallest absolute Gasteiger partial charge is 0.347 e. The Bertz CT molecular complexity index is 817. The number of benzene rings is 1. The SMILES string of the molecule is O=c1ncc2cc(-c3ccc([N+](=O)[O-])cc3)oc2[nH]1. The molecule has 0 aliphatic heterocycles. The van der Waals surface area contributed by atoms with Crippen LogP contribution in [0.2, 0.25) is 0 Å². The summed E-state index contributed by atoms with van der Waals surface area (Å²) in [6.45, 7) is 0. The van der Waals surface area contributed by atoms with E-state index >= 15 is 0 Å². The van der Waals surface area contributed by atoms with Gasteiger partial charge in [0.2, 0.25) is 5.71 Å². The highest BCUT2D eigenvalue weighted by atomic mass is 16.6. The highest BCUT2D eigenvalue weighted by molar-refractivity contribution is 5.79. The number of aromatic amines is 1. The molecular weight excluding hydrogens is 250 g/mol. The quantitative estimate of drug-likeness (QED) is 0.559. The lowest BCUT2D eigenvalue weighted by Gasteiger charge is -1.95. The third-order valence-electron chi connectivity index (χ3n) is 2.66. The first-order valence-electron chi connectivity index (χ1n) is 5.37. The van der Waals surface area contributed by atoms with Crippen LogP contribution in [0.4, 0.5) is 5.69 Å². The molecule has 1 aromatic carbocycles. The lowest BCUT2D eigenvalue weighted by molar-refractivity contribution is -0.384. The molecule has 0 amide bonds. The van der Waals surface area contributed by atoms with Gasteiger partial charge in [0.15, 0.2) is 0 Å². The molecule has 1 N–H and O–H groups in total. The Morgan fingerprint density at radius 1 is 1.26 bits per heavy atom. The molecule has 7 nitrogen and oxygen atoms in total. The molecule has 0 bridgehead atoms. The fourth-order valence-corrected chi connectivity index (χ4v) is 1.75. The normalized spacial score (nSPS) is 10.7. The largest absolute Gasteiger partial charge is 0.440 e. The van der Waals surface area contributed by atoms with Gasteiger partial charge in [-0.1, -0.05) is 0 Å². The van der Waals surface area contributed by atoms with Crippen molar-refractivity contribution in [1.29, 1.82) is 0 Å². The summed E-state index contributed by atoms with van der Waals surface area (Å²) in [4.78, 5) is 27.2. The third-order valence-corrected chi connectivity index (χ3v) is 2.66. The van der Waals surface area contributed by atoms with Gasteiger partial charge in [-0.05, 0) is 18.2 Å². The molecular formula is C12H7N3O4. The average molecular weight is 257 g/mol. The number of fused-ring (bicyclic) bond motifs is 1. The topological polar surface area (TPSA) is 102 Å². The predicted octanol–water partition coefficient (Wildman–Crippen LogP) is 2.09. The molecule has 0 spiro atoms. The summed E-state index contributed by atoms with van der Waals surface area (Å²) in [5.74, 6) is 0.508. The van der Waals surface area contributed by atoms with E-state index < -0.39 is 10.6 Å². The molecule has 0 aliphatic carbocycles. The molecule has 0 saturated carbocycles. The molecule has 19 heavy (non-hydrogen) atoms. The van der Waals surface area contributed by atoms with Gasteiger partial charge >= 0.3 is 5.69 Å². The van der Waals surface area contributed by atoms with Crippen molar-refractivity contribution in [3.63, 3.8) is 0 Å². The molecule has 0 fully saturated rings. The van der Waals surface area contributed by atoms with Crippen molar-refractivity contribution in [1.82, 2.24) is 9.97 Å². The summed E-state index contributed by atoms with van der Waals surface area (Å²) < 4.78 is 5.47. The number of aromatic nitrogens is 2. The van der Waals surface area contributed by atoms with Gasteiger partial charge in [0, 0.05) is 23.9 Å². The molecule has 0 saturated heterocycles. The average Bonchev–Trinajstić information content (AvgIpc) is 2.81. The van der Waals surface area contributed by atoms with E-state index in [1.165, 1.54) is 18.3 Å². The maximum absolute atomic E-state index is 11.0. The van der Waals surface area contributed by atoms with Crippen molar-refractivity contribution in [2.75, 3.05) is 0 Å². The van der Waals surface area contributed by atoms with Gasteiger partial charge in [-0.3, -0.25) is 15.1 Å². The Labute approximate surface area is 105 Å². The van der Waals surface area contributed by atoms with Gasteiger partial charge in [-0.25, -0.2) is 9.78 Å². The Morgan fingerprint density at radius 2 is 2.00 bits per heavy atom. The maximum atomic E-state index is 11.0. The van der Waals surface area contributed by atoms with Crippen LogP contribution in [0.3, 0.4) is 0 Å². The van der Waals surface area contributed by atoms with Gasteiger partial charge in [-0.15, -0.1) is 0 Å². The van der Waals surface area contributed by atoms with E-state index in [9.17, 15) is 14.9 Å². The molecule has 0 atom stereocenters. The van der Waals surface area contributed by atoms with Crippen LogP contribution in [0.15, 0.2) is 45.7 Å². The highest BCUT2D eigenvalue weighted by Gasteiger charge is 2.09. The Kier molecular flexibility index (Phi) is 2.38. The fraction of sp³-hybridized carbons (Fsp3) is 0. The lowest BCUT2D eigenvalue weighted by Crippen LogP contribution is -2.07. The van der Waals surface area contributed by atoms with Gasteiger partial charge in [-0.2, -0.15) is 0 Å². The number of H-pyrrole nitrogens is 1. The predicted molar refractivity (Wildman–Crippen MR) is 66.7 cm³/mol. The van der Waals surface area contributed by atoms with Gasteiger partial charge < -0.3 is 4.42 Å². The van der Waals surface area contributed by atoms with Gasteiger partial charge in [0.05, 0.1) is 10.3 Å². The number of hydrogen-bond donors (Lipinski definition) is 1. The molecule has 2 aromatic heterocycles. The number of non-ortho nitro benzene ring substituents is 1. The van der Waals surface area contributed by atoms with Gasteiger partial charge in [0.1, 0.15) is 5.76 Å². The second-order valence-electron chi connectivity index (χ2n) is 3.89. The van der Waals surface area contributed by atoms with Crippen molar-refractivity contribution in [2.24, 2.45) is 0 Å². The van der Waals surface area contributed by atoms with E-state index in [0.29, 0.717) is 22.4 Å². The number of nitrogens with zero attached hydrogens (tertiary/aromatic N) is 2. The highest BCUT2D eigenvalue weighted by Crippen LogP contribution is 2.27. The maximum Gasteiger partial charge on any atom is 0.347 e. The number of nitro benzene ring substituents is 1. The first kappa shape index (κ1) is 11.1. The molecule has 3 aromatic rings. The van der Waals surface area contributed by atoms with Crippen LogP contribution in [0.5, 0.6) is 0 Å². The zero-order valence-electron chi connectivity index (χ0n) is 9.49. The third kappa shape index (κ3) is 1.97. The number of nitrogens with one attached hydrogen (secondary N) is 1. The van der Waals surface area contributed by atoms with Crippen molar-refractivity contribution in [3.8, 4) is 11.3 Å². The summed E-state index contributed by atoms with van der Waals surface area (Å²) in [5, 5.41) is 11.2. The molecule has 0 aliphatic rings. The lowest BCUT2D eigenvalue weighted by atomic mass is 10.1. The van der Waals surface area contributed by atoms with Gasteiger partial charge in [0.25, 0.3) is 5.69 Å². The molecule has 3 rings (SSSR count). The van der Waals surface area contributed by atoms with Crippen LogP contribution in [0.1, 0.15) is 0 Å². The molecule has 94 valence electrons. The molecule has 0 unspecified atom stereocenters. The monoisotopic (exact) mass is 257 g/mol. The van der Waals surface area contributed by atoms with Crippen molar-refractivity contribution in [3.05, 3.63) is 57.1 Å². The summed E-state index contributed by atoms with van der Waals surface area (Å²) in [7, 11) is 0. The minimum atomic E-state index is -0.489. The number of furan rings is 1. The van der Waals surface area contributed by atoms with Crippen LogP contribution in [-0.2, 0) is 0 Å². The summed E-state index contributed by atoms with van der Waals surface area (Å²) >= 11 is 0. The van der Waals surface area contributed by atoms with E-state index in [1.807, 2.05) is 0 Å². The van der Waals surface area contributed by atoms with Crippen LogP contribution >= 0.6 is 0 Å². The Morgan fingerprint density at radius 3 is 2.68 bits per heavy atom. The van der Waals surface area contributed by atoms with Crippen LogP contribution in [0.25, 0.3) is 22.4 Å². The number of nitro groups is 1.